The van der Waals surface area contributed by atoms with Crippen molar-refractivity contribution in [3.05, 3.63) is 77.5 Å². The molecule has 7 rings (SSSR count). The number of nitrogens with one attached hydrogen (secondary N) is 3. The van der Waals surface area contributed by atoms with Crippen molar-refractivity contribution in [2.75, 3.05) is 63.6 Å². The number of hydrogen-bond donors (Lipinski definition) is 3. The predicted octanol–water partition coefficient (Wildman–Crippen LogP) is 3.00. The Balaban J connectivity index is 0.972. The third-order valence-corrected chi connectivity index (χ3v) is 10.5. The number of benzene rings is 2. The molecule has 2 aromatic carbocycles. The van der Waals surface area contributed by atoms with Gasteiger partial charge >= 0.3 is 0 Å². The number of H-pyrrole nitrogens is 1. The molecule has 2 fully saturated rings. The fourth-order valence-electron chi connectivity index (χ4n) is 7.34. The lowest BCUT2D eigenvalue weighted by atomic mass is 9.97. The van der Waals surface area contributed by atoms with Crippen molar-refractivity contribution in [2.24, 2.45) is 0 Å². The molecule has 5 heterocycles. The van der Waals surface area contributed by atoms with Crippen molar-refractivity contribution in [3.63, 3.8) is 0 Å². The maximum Gasteiger partial charge on any atom is 0.269 e. The van der Waals surface area contributed by atoms with E-state index in [1.807, 2.05) is 21.9 Å². The Morgan fingerprint density at radius 1 is 1.00 bits per heavy atom. The van der Waals surface area contributed by atoms with E-state index in [1.165, 1.54) is 11.0 Å². The van der Waals surface area contributed by atoms with Crippen LogP contribution in [0, 0.1) is 17.7 Å². The summed E-state index contributed by atoms with van der Waals surface area (Å²) in [5.74, 6) is 5.10. The molecule has 3 N–H and O–H groups in total. The highest BCUT2D eigenvalue weighted by molar-refractivity contribution is 6.02. The number of fused-ring (bicyclic) bond motifs is 1. The Bertz CT molecular complexity index is 2280. The molecule has 0 saturated carbocycles. The second-order valence-corrected chi connectivity index (χ2v) is 14.6. The first kappa shape index (κ1) is 38.8. The van der Waals surface area contributed by atoms with Crippen molar-refractivity contribution in [1.82, 2.24) is 40.0 Å². The van der Waals surface area contributed by atoms with E-state index in [2.05, 4.69) is 43.8 Å². The number of carbonyl (C=O) groups excluding carboxylic acids is 5. The van der Waals surface area contributed by atoms with E-state index in [0.717, 1.165) is 22.0 Å². The van der Waals surface area contributed by atoms with Gasteiger partial charge < -0.3 is 29.9 Å². The number of piperazine rings is 1. The first-order chi connectivity index (χ1) is 27.5. The van der Waals surface area contributed by atoms with E-state index in [0.29, 0.717) is 94.1 Å². The first-order valence-corrected chi connectivity index (χ1v) is 19.1. The summed E-state index contributed by atoms with van der Waals surface area (Å²) >= 11 is 0. The summed E-state index contributed by atoms with van der Waals surface area (Å²) in [6, 6.07) is 9.89. The van der Waals surface area contributed by atoms with E-state index in [-0.39, 0.29) is 36.5 Å². The van der Waals surface area contributed by atoms with Crippen molar-refractivity contribution < 1.29 is 28.4 Å². The molecule has 2 aromatic heterocycles. The molecule has 0 bridgehead atoms. The van der Waals surface area contributed by atoms with Crippen LogP contribution < -0.4 is 15.5 Å². The van der Waals surface area contributed by atoms with Crippen LogP contribution in [0.5, 0.6) is 0 Å². The molecule has 0 aliphatic carbocycles. The van der Waals surface area contributed by atoms with Gasteiger partial charge in [-0.25, -0.2) is 4.39 Å². The van der Waals surface area contributed by atoms with Gasteiger partial charge in [0.1, 0.15) is 17.6 Å². The van der Waals surface area contributed by atoms with Crippen molar-refractivity contribution in [3.8, 4) is 11.8 Å². The van der Waals surface area contributed by atoms with Crippen molar-refractivity contribution in [2.45, 2.75) is 51.1 Å². The number of nitrogens with zero attached hydrogens (tertiary/aromatic N) is 7. The van der Waals surface area contributed by atoms with Crippen molar-refractivity contribution in [1.29, 1.82) is 0 Å². The number of aromatic nitrogens is 4. The van der Waals surface area contributed by atoms with Gasteiger partial charge in [0.15, 0.2) is 0 Å². The van der Waals surface area contributed by atoms with Gasteiger partial charge in [-0.1, -0.05) is 23.1 Å². The minimum absolute atomic E-state index is 0.0319. The largest absolute Gasteiger partial charge is 0.374 e. The third-order valence-electron chi connectivity index (χ3n) is 10.5. The van der Waals surface area contributed by atoms with Crippen LogP contribution in [0.15, 0.2) is 54.9 Å². The fourth-order valence-corrected chi connectivity index (χ4v) is 7.34. The van der Waals surface area contributed by atoms with E-state index in [9.17, 15) is 24.0 Å². The maximum absolute atomic E-state index is 15.2. The standard InChI is InChI=1S/C41H45FN10O5/c1-48(2)41(57)35-25-31-27(22-29(23-34(31)45-35)28-7-5-15-51(26-28)39(55)13-16-52-17-14-43-47-52)6-3-4-8-38(54)50-20-18-49(19-21-50)36-11-9-30(24-32(36)42)44-33-10-12-37(53)46-40(33)56/h7,9,11,14,17,22-25,33,44-45H,4-5,8,10,12-13,15-16,18-21,26H2,1-2H3,(H,46,53,56). The lowest BCUT2D eigenvalue weighted by molar-refractivity contribution is -0.134. The monoisotopic (exact) mass is 776 g/mol. The van der Waals surface area contributed by atoms with Gasteiger partial charge in [0.05, 0.1) is 18.4 Å². The second kappa shape index (κ2) is 17.1. The Labute approximate surface area is 329 Å². The molecule has 16 heteroatoms. The zero-order valence-electron chi connectivity index (χ0n) is 32.0. The second-order valence-electron chi connectivity index (χ2n) is 14.6. The molecule has 15 nitrogen and oxygen atoms in total. The van der Waals surface area contributed by atoms with Crippen LogP contribution >= 0.6 is 0 Å². The maximum atomic E-state index is 15.2. The zero-order valence-corrected chi connectivity index (χ0v) is 32.0. The molecule has 1 unspecified atom stereocenters. The highest BCUT2D eigenvalue weighted by Crippen LogP contribution is 2.29. The van der Waals surface area contributed by atoms with Gasteiger partial charge in [-0.15, -0.1) is 5.10 Å². The number of aryl methyl sites for hydroxylation is 1. The normalized spacial score (nSPS) is 17.1. The lowest BCUT2D eigenvalue weighted by Crippen LogP contribution is -2.49. The fraction of sp³-hybridized carbons (Fsp3) is 0.390. The molecule has 4 aromatic rings. The van der Waals surface area contributed by atoms with Gasteiger partial charge in [0.25, 0.3) is 5.91 Å². The molecular weight excluding hydrogens is 732 g/mol. The number of piperidine rings is 1. The summed E-state index contributed by atoms with van der Waals surface area (Å²) in [6.07, 6.45) is 7.59. The van der Waals surface area contributed by atoms with Crippen LogP contribution in [0.4, 0.5) is 15.8 Å². The summed E-state index contributed by atoms with van der Waals surface area (Å²) in [4.78, 5) is 73.0. The Kier molecular flexibility index (Phi) is 11.6. The van der Waals surface area contributed by atoms with Gasteiger partial charge in [0.2, 0.25) is 23.6 Å². The number of carbonyl (C=O) groups is 5. The lowest BCUT2D eigenvalue weighted by Gasteiger charge is -2.36. The van der Waals surface area contributed by atoms with Gasteiger partial charge in [-0.05, 0) is 60.4 Å². The highest BCUT2D eigenvalue weighted by Gasteiger charge is 2.28. The van der Waals surface area contributed by atoms with Crippen LogP contribution in [-0.4, -0.2) is 124 Å². The number of aromatic amines is 1. The molecule has 296 valence electrons. The molecule has 1 atom stereocenters. The highest BCUT2D eigenvalue weighted by atomic mass is 19.1. The number of anilines is 2. The quantitative estimate of drug-likeness (QED) is 0.162. The van der Waals surface area contributed by atoms with Crippen molar-refractivity contribution >= 4 is 57.4 Å². The van der Waals surface area contributed by atoms with Crippen LogP contribution in [0.2, 0.25) is 0 Å². The minimum atomic E-state index is -0.606. The number of rotatable bonds is 10. The van der Waals surface area contributed by atoms with E-state index >= 15 is 4.39 Å². The van der Waals surface area contributed by atoms with Crippen LogP contribution in [0.1, 0.15) is 60.1 Å². The Hall–Kier alpha value is -6.50. The van der Waals surface area contributed by atoms with Crippen LogP contribution in [-0.2, 0) is 25.7 Å². The molecular formula is C41H45FN10O5. The molecule has 0 radical (unpaired) electrons. The number of hydrogen-bond acceptors (Lipinski definition) is 9. The predicted molar refractivity (Wildman–Crippen MR) is 211 cm³/mol. The summed E-state index contributed by atoms with van der Waals surface area (Å²) in [5.41, 5.74) is 4.67. The molecule has 3 aliphatic rings. The topological polar surface area (TPSA) is 169 Å². The van der Waals surface area contributed by atoms with Crippen LogP contribution in [0.25, 0.3) is 16.5 Å². The average molecular weight is 777 g/mol. The zero-order chi connectivity index (χ0) is 40.1. The smallest absolute Gasteiger partial charge is 0.269 e. The average Bonchev–Trinajstić information content (AvgIpc) is 3.90. The molecule has 0 spiro atoms. The van der Waals surface area contributed by atoms with E-state index < -0.39 is 17.8 Å². The SMILES string of the molecule is CN(C)C(=O)c1cc2c(C#CCCC(=O)N3CCN(c4ccc(NC5CCC(=O)NC5=O)cc4F)CC3)cc(C3=CCCN(C(=O)CCn4ccnn4)C3)cc2[nH]1. The Morgan fingerprint density at radius 3 is 2.54 bits per heavy atom. The van der Waals surface area contributed by atoms with E-state index in [1.54, 1.807) is 54.3 Å². The van der Waals surface area contributed by atoms with Gasteiger partial charge in [-0.2, -0.15) is 0 Å². The summed E-state index contributed by atoms with van der Waals surface area (Å²) in [5, 5.41) is 13.8. The molecule has 2 saturated heterocycles. The molecule has 5 amide bonds. The molecule has 57 heavy (non-hydrogen) atoms. The van der Waals surface area contributed by atoms with Crippen LogP contribution in [0.3, 0.4) is 0 Å². The number of imide groups is 1. The summed E-state index contributed by atoms with van der Waals surface area (Å²) < 4.78 is 16.8. The number of amides is 5. The molecule has 3 aliphatic heterocycles. The number of halogens is 1. The van der Waals surface area contributed by atoms with Gasteiger partial charge in [0, 0.05) is 107 Å². The summed E-state index contributed by atoms with van der Waals surface area (Å²) in [7, 11) is 3.39. The summed E-state index contributed by atoms with van der Waals surface area (Å²) in [6.45, 7) is 3.31. The first-order valence-electron chi connectivity index (χ1n) is 19.1. The van der Waals surface area contributed by atoms with E-state index in [4.69, 9.17) is 0 Å². The minimum Gasteiger partial charge on any atom is -0.374 e. The van der Waals surface area contributed by atoms with Gasteiger partial charge in [-0.3, -0.25) is 34.0 Å². The Morgan fingerprint density at radius 2 is 1.81 bits per heavy atom. The third kappa shape index (κ3) is 9.15.